The smallest absolute Gasteiger partial charge is 0.237 e. The average molecular weight is 279 g/mol. The molecule has 0 radical (unpaired) electrons. The Kier molecular flexibility index (Phi) is 4.32. The molecule has 0 aromatic rings. The summed E-state index contributed by atoms with van der Waals surface area (Å²) in [6.45, 7) is 9.52. The summed E-state index contributed by atoms with van der Waals surface area (Å²) in [7, 11) is 0. The monoisotopic (exact) mass is 279 g/mol. The average Bonchev–Trinajstić information content (AvgIpc) is 3.03. The highest BCUT2D eigenvalue weighted by Gasteiger charge is 2.42. The highest BCUT2D eigenvalue weighted by molar-refractivity contribution is 5.78. The maximum atomic E-state index is 12.7. The van der Waals surface area contributed by atoms with Crippen LogP contribution < -0.4 is 5.32 Å². The van der Waals surface area contributed by atoms with Crippen LogP contribution in [0.25, 0.3) is 0 Å². The number of carbonyl (C=O) groups is 1. The summed E-state index contributed by atoms with van der Waals surface area (Å²) < 4.78 is 0. The molecule has 0 aromatic carbocycles. The molecule has 114 valence electrons. The van der Waals surface area contributed by atoms with Gasteiger partial charge in [0.25, 0.3) is 0 Å². The van der Waals surface area contributed by atoms with Gasteiger partial charge >= 0.3 is 0 Å². The van der Waals surface area contributed by atoms with E-state index >= 15 is 0 Å². The van der Waals surface area contributed by atoms with Gasteiger partial charge in [0.15, 0.2) is 0 Å². The van der Waals surface area contributed by atoms with Crippen LogP contribution in [0.15, 0.2) is 0 Å². The first kappa shape index (κ1) is 14.3. The van der Waals surface area contributed by atoms with Crippen LogP contribution in [-0.2, 0) is 4.79 Å². The van der Waals surface area contributed by atoms with E-state index < -0.39 is 0 Å². The predicted octanol–water partition coefficient (Wildman–Crippen LogP) is 1.32. The summed E-state index contributed by atoms with van der Waals surface area (Å²) in [6, 6.07) is 1.05. The molecule has 4 nitrogen and oxygen atoms in total. The number of rotatable bonds is 3. The Morgan fingerprint density at radius 3 is 2.90 bits per heavy atom. The first-order valence-corrected chi connectivity index (χ1v) is 8.45. The normalized spacial score (nSPS) is 38.2. The molecule has 0 spiro atoms. The zero-order valence-corrected chi connectivity index (χ0v) is 13.0. The van der Waals surface area contributed by atoms with Crippen LogP contribution in [0.5, 0.6) is 0 Å². The van der Waals surface area contributed by atoms with E-state index in [9.17, 15) is 4.79 Å². The topological polar surface area (TPSA) is 35.6 Å². The molecule has 3 fully saturated rings. The molecule has 3 heterocycles. The van der Waals surface area contributed by atoms with Gasteiger partial charge in [-0.2, -0.15) is 0 Å². The third-order valence-electron chi connectivity index (χ3n) is 5.81. The second-order valence-corrected chi connectivity index (χ2v) is 6.90. The zero-order valence-electron chi connectivity index (χ0n) is 13.0. The lowest BCUT2D eigenvalue weighted by Gasteiger charge is -2.37. The van der Waals surface area contributed by atoms with E-state index in [0.29, 0.717) is 24.5 Å². The first-order valence-electron chi connectivity index (χ1n) is 8.45. The summed E-state index contributed by atoms with van der Waals surface area (Å²) >= 11 is 0. The van der Waals surface area contributed by atoms with Crippen LogP contribution in [0.4, 0.5) is 0 Å². The van der Waals surface area contributed by atoms with E-state index in [0.717, 1.165) is 44.4 Å². The zero-order chi connectivity index (χ0) is 14.1. The van der Waals surface area contributed by atoms with Crippen LogP contribution in [0.2, 0.25) is 0 Å². The number of amides is 1. The van der Waals surface area contributed by atoms with E-state index in [-0.39, 0.29) is 0 Å². The minimum atomic E-state index is 0.372. The maximum absolute atomic E-state index is 12.7. The van der Waals surface area contributed by atoms with Gasteiger partial charge in [-0.1, -0.05) is 6.92 Å². The van der Waals surface area contributed by atoms with Crippen molar-refractivity contribution < 1.29 is 4.79 Å². The van der Waals surface area contributed by atoms with Gasteiger partial charge in [-0.15, -0.1) is 0 Å². The maximum Gasteiger partial charge on any atom is 0.237 e. The van der Waals surface area contributed by atoms with Gasteiger partial charge in [-0.25, -0.2) is 0 Å². The third kappa shape index (κ3) is 2.60. The molecule has 4 atom stereocenters. The Balaban J connectivity index is 1.58. The van der Waals surface area contributed by atoms with Crippen molar-refractivity contribution in [2.45, 2.75) is 51.6 Å². The standard InChI is InChI=1S/C16H29N3O/c1-3-14-6-4-5-7-19(14)16(20)11-18-10-13-8-17-9-15(13)12(18)2/h12-15,17H,3-11H2,1-2H3. The van der Waals surface area contributed by atoms with E-state index in [1.54, 1.807) is 0 Å². The molecule has 3 aliphatic heterocycles. The van der Waals surface area contributed by atoms with Crippen molar-refractivity contribution in [1.29, 1.82) is 0 Å². The molecule has 20 heavy (non-hydrogen) atoms. The number of likely N-dealkylation sites (tertiary alicyclic amines) is 2. The largest absolute Gasteiger partial charge is 0.339 e. The molecule has 3 aliphatic rings. The van der Waals surface area contributed by atoms with Crippen LogP contribution in [0.3, 0.4) is 0 Å². The van der Waals surface area contributed by atoms with E-state index in [1.807, 2.05) is 0 Å². The van der Waals surface area contributed by atoms with Gasteiger partial charge in [-0.05, 0) is 57.5 Å². The second kappa shape index (κ2) is 6.02. The van der Waals surface area contributed by atoms with Gasteiger partial charge in [0, 0.05) is 25.2 Å². The van der Waals surface area contributed by atoms with E-state index in [4.69, 9.17) is 0 Å². The molecule has 0 aromatic heterocycles. The summed E-state index contributed by atoms with van der Waals surface area (Å²) in [5.74, 6) is 1.89. The van der Waals surface area contributed by atoms with Crippen LogP contribution in [0, 0.1) is 11.8 Å². The molecule has 0 aliphatic carbocycles. The third-order valence-corrected chi connectivity index (χ3v) is 5.81. The van der Waals surface area contributed by atoms with Gasteiger partial charge in [0.2, 0.25) is 5.91 Å². The van der Waals surface area contributed by atoms with Crippen molar-refractivity contribution in [2.24, 2.45) is 11.8 Å². The van der Waals surface area contributed by atoms with Crippen molar-refractivity contribution in [2.75, 3.05) is 32.7 Å². The number of nitrogens with one attached hydrogen (secondary N) is 1. The number of piperidine rings is 1. The second-order valence-electron chi connectivity index (χ2n) is 6.90. The highest BCUT2D eigenvalue weighted by atomic mass is 16.2. The van der Waals surface area contributed by atoms with Gasteiger partial charge in [-0.3, -0.25) is 9.69 Å². The fraction of sp³-hybridized carbons (Fsp3) is 0.938. The van der Waals surface area contributed by atoms with Crippen molar-refractivity contribution in [1.82, 2.24) is 15.1 Å². The van der Waals surface area contributed by atoms with Gasteiger partial charge in [0.1, 0.15) is 0 Å². The van der Waals surface area contributed by atoms with Crippen molar-refractivity contribution in [3.63, 3.8) is 0 Å². The van der Waals surface area contributed by atoms with Crippen molar-refractivity contribution in [3.05, 3.63) is 0 Å². The Morgan fingerprint density at radius 2 is 2.15 bits per heavy atom. The Bertz CT molecular complexity index is 360. The number of hydrogen-bond acceptors (Lipinski definition) is 3. The summed E-state index contributed by atoms with van der Waals surface area (Å²) in [4.78, 5) is 17.3. The van der Waals surface area contributed by atoms with E-state index in [1.165, 1.54) is 19.3 Å². The minimum absolute atomic E-state index is 0.372. The first-order chi connectivity index (χ1) is 9.70. The van der Waals surface area contributed by atoms with Gasteiger partial charge in [0.05, 0.1) is 6.54 Å². The summed E-state index contributed by atoms with van der Waals surface area (Å²) in [5, 5.41) is 3.49. The Labute approximate surface area is 122 Å². The van der Waals surface area contributed by atoms with E-state index in [2.05, 4.69) is 29.0 Å². The fourth-order valence-corrected chi connectivity index (χ4v) is 4.48. The quantitative estimate of drug-likeness (QED) is 0.846. The number of fused-ring (bicyclic) bond motifs is 1. The molecule has 1 amide bonds. The fourth-order valence-electron chi connectivity index (χ4n) is 4.48. The molecule has 4 unspecified atom stereocenters. The number of hydrogen-bond donors (Lipinski definition) is 1. The molecule has 0 bridgehead atoms. The molecule has 1 N–H and O–H groups in total. The number of carbonyl (C=O) groups excluding carboxylic acids is 1. The molecule has 4 heteroatoms. The summed E-state index contributed by atoms with van der Waals surface area (Å²) in [5.41, 5.74) is 0. The number of nitrogens with zero attached hydrogens (tertiary/aromatic N) is 2. The molecule has 0 saturated carbocycles. The lowest BCUT2D eigenvalue weighted by molar-refractivity contribution is -0.136. The molecule has 3 rings (SSSR count). The van der Waals surface area contributed by atoms with Gasteiger partial charge < -0.3 is 10.2 Å². The lowest BCUT2D eigenvalue weighted by atomic mass is 9.95. The Hall–Kier alpha value is -0.610. The van der Waals surface area contributed by atoms with Crippen molar-refractivity contribution in [3.8, 4) is 0 Å². The Morgan fingerprint density at radius 1 is 1.30 bits per heavy atom. The lowest BCUT2D eigenvalue weighted by Crippen LogP contribution is -2.49. The van der Waals surface area contributed by atoms with Crippen LogP contribution in [0.1, 0.15) is 39.5 Å². The minimum Gasteiger partial charge on any atom is -0.339 e. The molecular weight excluding hydrogens is 250 g/mol. The molecular formula is C16H29N3O. The molecule has 3 saturated heterocycles. The SMILES string of the molecule is CCC1CCCCN1C(=O)CN1CC2CNCC2C1C. The summed E-state index contributed by atoms with van der Waals surface area (Å²) in [6.07, 6.45) is 4.79. The van der Waals surface area contributed by atoms with Crippen molar-refractivity contribution >= 4 is 5.91 Å². The van der Waals surface area contributed by atoms with Crippen LogP contribution >= 0.6 is 0 Å². The highest BCUT2D eigenvalue weighted by Crippen LogP contribution is 2.32. The predicted molar refractivity (Wildman–Crippen MR) is 80.5 cm³/mol. The van der Waals surface area contributed by atoms with Crippen LogP contribution in [-0.4, -0.2) is 60.5 Å².